The molecule has 0 radical (unpaired) electrons. The molecule has 0 spiro atoms. The number of hydrogen-bond acceptors (Lipinski definition) is 9. The number of nitrogens with zero attached hydrogens (tertiary/aromatic N) is 5. The third-order valence-corrected chi connectivity index (χ3v) is 5.50. The molecule has 1 N–H and O–H groups in total. The van der Waals surface area contributed by atoms with Crippen molar-refractivity contribution >= 4 is 29.0 Å². The number of phenolic OH excluding ortho intramolecular Hbond substituents is 1. The maximum absolute atomic E-state index is 12.7. The number of ether oxygens (including phenoxy) is 1. The van der Waals surface area contributed by atoms with Gasteiger partial charge in [0.1, 0.15) is 0 Å². The summed E-state index contributed by atoms with van der Waals surface area (Å²) in [6.45, 7) is 5.03. The first-order valence-corrected chi connectivity index (χ1v) is 10.4. The minimum Gasteiger partial charge on any atom is -0.502 e. The van der Waals surface area contributed by atoms with E-state index < -0.39 is 22.6 Å². The van der Waals surface area contributed by atoms with Crippen LogP contribution < -0.4 is 9.64 Å². The molecule has 1 atom stereocenters. The molecule has 32 heavy (non-hydrogen) atoms. The lowest BCUT2D eigenvalue weighted by Gasteiger charge is -2.29. The number of para-hydroxylation sites is 1. The van der Waals surface area contributed by atoms with Gasteiger partial charge in [-0.25, -0.2) is 0 Å². The number of nitro benzene ring substituents is 1. The van der Waals surface area contributed by atoms with E-state index in [9.17, 15) is 20.0 Å². The van der Waals surface area contributed by atoms with Crippen molar-refractivity contribution in [3.05, 3.63) is 70.8 Å². The summed E-state index contributed by atoms with van der Waals surface area (Å²) < 4.78 is 6.14. The molecule has 0 aliphatic carbocycles. The summed E-state index contributed by atoms with van der Waals surface area (Å²) >= 11 is 1.31. The number of amides is 1. The molecular formula is C21H17N5O5S. The SMILES string of the molecule is C=CCSc1nnc2c(n1)O[C@H](c1ccc(O)c([N+](=O)[O-])c1)N(C(C)=O)c1ccccc1-2. The number of rotatable bonds is 5. The molecule has 0 bridgehead atoms. The second kappa shape index (κ2) is 8.63. The second-order valence-electron chi connectivity index (χ2n) is 6.73. The molecule has 0 unspecified atom stereocenters. The van der Waals surface area contributed by atoms with Crippen LogP contribution in [0.15, 0.2) is 60.3 Å². The van der Waals surface area contributed by atoms with E-state index in [4.69, 9.17) is 4.74 Å². The molecule has 162 valence electrons. The lowest BCUT2D eigenvalue weighted by Crippen LogP contribution is -2.36. The van der Waals surface area contributed by atoms with Crippen LogP contribution in [0, 0.1) is 10.1 Å². The van der Waals surface area contributed by atoms with Crippen molar-refractivity contribution in [3.63, 3.8) is 0 Å². The number of aromatic hydroxyl groups is 1. The quantitative estimate of drug-likeness (QED) is 0.266. The van der Waals surface area contributed by atoms with Gasteiger partial charge >= 0.3 is 5.69 Å². The van der Waals surface area contributed by atoms with Gasteiger partial charge in [0.15, 0.2) is 11.4 Å². The molecule has 1 aliphatic heterocycles. The van der Waals surface area contributed by atoms with Gasteiger partial charge in [-0.3, -0.25) is 19.8 Å². The van der Waals surface area contributed by atoms with E-state index in [1.54, 1.807) is 30.3 Å². The number of phenols is 1. The van der Waals surface area contributed by atoms with E-state index in [2.05, 4.69) is 21.8 Å². The van der Waals surface area contributed by atoms with Crippen molar-refractivity contribution in [2.75, 3.05) is 10.7 Å². The Kier molecular flexibility index (Phi) is 5.73. The normalized spacial score (nSPS) is 14.5. The number of aromatic nitrogens is 3. The Balaban J connectivity index is 1.93. The summed E-state index contributed by atoms with van der Waals surface area (Å²) in [7, 11) is 0. The summed E-state index contributed by atoms with van der Waals surface area (Å²) in [5, 5.41) is 30.0. The average Bonchev–Trinajstić information content (AvgIpc) is 2.92. The van der Waals surface area contributed by atoms with Gasteiger partial charge in [-0.15, -0.1) is 16.8 Å². The lowest BCUT2D eigenvalue weighted by molar-refractivity contribution is -0.386. The van der Waals surface area contributed by atoms with Crippen LogP contribution in [0.25, 0.3) is 11.3 Å². The maximum Gasteiger partial charge on any atom is 0.311 e. The van der Waals surface area contributed by atoms with Gasteiger partial charge < -0.3 is 9.84 Å². The molecular weight excluding hydrogens is 434 g/mol. The fourth-order valence-electron chi connectivity index (χ4n) is 3.30. The topological polar surface area (TPSA) is 132 Å². The van der Waals surface area contributed by atoms with E-state index in [0.717, 1.165) is 0 Å². The molecule has 0 saturated carbocycles. The first-order chi connectivity index (χ1) is 15.4. The summed E-state index contributed by atoms with van der Waals surface area (Å²) in [5.41, 5.74) is 1.18. The molecule has 2 aromatic carbocycles. The number of carbonyl (C=O) groups is 1. The average molecular weight is 451 g/mol. The Morgan fingerprint density at radius 2 is 2.12 bits per heavy atom. The van der Waals surface area contributed by atoms with Crippen LogP contribution >= 0.6 is 11.8 Å². The molecule has 1 aliphatic rings. The highest BCUT2D eigenvalue weighted by atomic mass is 32.2. The van der Waals surface area contributed by atoms with Crippen LogP contribution in [0.4, 0.5) is 11.4 Å². The number of anilines is 1. The number of thioether (sulfide) groups is 1. The minimum atomic E-state index is -1.09. The summed E-state index contributed by atoms with van der Waals surface area (Å²) in [6, 6.07) is 10.8. The van der Waals surface area contributed by atoms with Gasteiger partial charge in [-0.05, 0) is 18.2 Å². The van der Waals surface area contributed by atoms with Crippen LogP contribution in [0.5, 0.6) is 11.6 Å². The van der Waals surface area contributed by atoms with Crippen LogP contribution in [0.2, 0.25) is 0 Å². The molecule has 2 heterocycles. The molecule has 11 heteroatoms. The van der Waals surface area contributed by atoms with E-state index >= 15 is 0 Å². The number of nitro groups is 1. The fourth-order valence-corrected chi connectivity index (χ4v) is 3.82. The predicted octanol–water partition coefficient (Wildman–Crippen LogP) is 3.87. The van der Waals surface area contributed by atoms with Crippen molar-refractivity contribution in [1.82, 2.24) is 15.2 Å². The van der Waals surface area contributed by atoms with Crippen molar-refractivity contribution in [2.24, 2.45) is 0 Å². The Morgan fingerprint density at radius 1 is 1.34 bits per heavy atom. The van der Waals surface area contributed by atoms with E-state index in [1.807, 2.05) is 0 Å². The Labute approximate surface area is 186 Å². The maximum atomic E-state index is 12.7. The lowest BCUT2D eigenvalue weighted by atomic mass is 10.1. The highest BCUT2D eigenvalue weighted by Crippen LogP contribution is 2.44. The van der Waals surface area contributed by atoms with Crippen molar-refractivity contribution in [2.45, 2.75) is 18.3 Å². The van der Waals surface area contributed by atoms with Crippen LogP contribution in [0.1, 0.15) is 18.7 Å². The van der Waals surface area contributed by atoms with Crippen molar-refractivity contribution in [3.8, 4) is 22.9 Å². The Hall–Kier alpha value is -3.99. The van der Waals surface area contributed by atoms with E-state index in [1.165, 1.54) is 41.8 Å². The summed E-state index contributed by atoms with van der Waals surface area (Å²) in [6.07, 6.45) is 0.606. The van der Waals surface area contributed by atoms with E-state index in [-0.39, 0.29) is 17.4 Å². The minimum absolute atomic E-state index is 0.128. The monoisotopic (exact) mass is 451 g/mol. The summed E-state index contributed by atoms with van der Waals surface area (Å²) in [5.74, 6) is -0.164. The molecule has 10 nitrogen and oxygen atoms in total. The second-order valence-corrected chi connectivity index (χ2v) is 7.72. The van der Waals surface area contributed by atoms with Gasteiger partial charge in [0, 0.05) is 29.9 Å². The first-order valence-electron chi connectivity index (χ1n) is 9.42. The highest BCUT2D eigenvalue weighted by Gasteiger charge is 2.35. The molecule has 1 amide bonds. The van der Waals surface area contributed by atoms with Gasteiger partial charge in [0.05, 0.1) is 10.6 Å². The smallest absolute Gasteiger partial charge is 0.311 e. The zero-order valence-corrected chi connectivity index (χ0v) is 17.7. The number of carbonyl (C=O) groups excluding carboxylic acids is 1. The van der Waals surface area contributed by atoms with Gasteiger partial charge in [0.2, 0.25) is 23.2 Å². The Bertz CT molecular complexity index is 1230. The Morgan fingerprint density at radius 3 is 2.84 bits per heavy atom. The first kappa shape index (κ1) is 21.2. The van der Waals surface area contributed by atoms with E-state index in [0.29, 0.717) is 27.9 Å². The molecule has 0 fully saturated rings. The molecule has 3 aromatic rings. The number of benzene rings is 2. The van der Waals surface area contributed by atoms with Gasteiger partial charge in [-0.1, -0.05) is 36.0 Å². The zero-order chi connectivity index (χ0) is 22.8. The number of fused-ring (bicyclic) bond motifs is 3. The van der Waals surface area contributed by atoms with Crippen molar-refractivity contribution < 1.29 is 19.6 Å². The van der Waals surface area contributed by atoms with Crippen LogP contribution in [-0.4, -0.2) is 36.9 Å². The number of hydrogen-bond donors (Lipinski definition) is 1. The molecule has 0 saturated heterocycles. The highest BCUT2D eigenvalue weighted by molar-refractivity contribution is 7.99. The third kappa shape index (κ3) is 3.85. The molecule has 4 rings (SSSR count). The van der Waals surface area contributed by atoms with Crippen LogP contribution in [-0.2, 0) is 4.79 Å². The van der Waals surface area contributed by atoms with Crippen LogP contribution in [0.3, 0.4) is 0 Å². The molecule has 1 aromatic heterocycles. The standard InChI is InChI=1S/C21H17N5O5S/c1-3-10-32-21-22-19-18(23-24-21)14-6-4-5-7-15(14)25(12(2)27)20(31-19)13-8-9-17(28)16(11-13)26(29)30/h3-9,11,20,28H,1,10H2,2H3/t20-/m1/s1. The largest absolute Gasteiger partial charge is 0.502 e. The third-order valence-electron chi connectivity index (χ3n) is 4.66. The predicted molar refractivity (Wildman–Crippen MR) is 117 cm³/mol. The van der Waals surface area contributed by atoms with Gasteiger partial charge in [-0.2, -0.15) is 4.98 Å². The fraction of sp³-hybridized carbons (Fsp3) is 0.143. The zero-order valence-electron chi connectivity index (χ0n) is 16.8. The van der Waals surface area contributed by atoms with Gasteiger partial charge in [0.25, 0.3) is 0 Å². The van der Waals surface area contributed by atoms with Crippen molar-refractivity contribution in [1.29, 1.82) is 0 Å². The summed E-state index contributed by atoms with van der Waals surface area (Å²) in [4.78, 5) is 29.2.